The predicted molar refractivity (Wildman–Crippen MR) is 314 cm³/mol. The minimum Gasteiger partial charge on any atom is -0.380 e. The van der Waals surface area contributed by atoms with Gasteiger partial charge >= 0.3 is 0 Å². The van der Waals surface area contributed by atoms with Crippen LogP contribution in [-0.4, -0.2) is 160 Å². The van der Waals surface area contributed by atoms with E-state index in [0.717, 1.165) is 71.2 Å². The molecule has 0 saturated heterocycles. The zero-order valence-corrected chi connectivity index (χ0v) is 47.9. The Kier molecular flexibility index (Phi) is 23.8. The molecule has 6 N–H and O–H groups in total. The Balaban J connectivity index is 0.00000903. The molecule has 8 rings (SSSR count). The van der Waals surface area contributed by atoms with Crippen LogP contribution in [0.5, 0.6) is 0 Å². The van der Waals surface area contributed by atoms with Crippen LogP contribution < -0.4 is 21.3 Å². The molecule has 4 aromatic carbocycles. The molecule has 0 bridgehead atoms. The van der Waals surface area contributed by atoms with Crippen molar-refractivity contribution in [2.24, 2.45) is 0 Å². The summed E-state index contributed by atoms with van der Waals surface area (Å²) in [7, 11) is 4.20. The lowest BCUT2D eigenvalue weighted by atomic mass is 9.84. The van der Waals surface area contributed by atoms with E-state index in [-0.39, 0.29) is 63.8 Å². The molecule has 2 amide bonds. The molecule has 21 heteroatoms. The van der Waals surface area contributed by atoms with Crippen molar-refractivity contribution in [3.8, 4) is 22.3 Å². The minimum absolute atomic E-state index is 0. The Morgan fingerprint density at radius 3 is 1.32 bits per heavy atom. The lowest BCUT2D eigenvalue weighted by Crippen LogP contribution is -2.50. The molecule has 0 fully saturated rings. The lowest BCUT2D eigenvalue weighted by molar-refractivity contribution is -0.146. The first-order chi connectivity index (χ1) is 37.8. The highest BCUT2D eigenvalue weighted by Gasteiger charge is 2.31. The zero-order valence-electron chi connectivity index (χ0n) is 44.1. The van der Waals surface area contributed by atoms with Gasteiger partial charge in [-0.15, -0.1) is 12.4 Å². The number of halogens is 5. The van der Waals surface area contributed by atoms with Crippen LogP contribution in [0.2, 0.25) is 20.1 Å². The summed E-state index contributed by atoms with van der Waals surface area (Å²) >= 11 is 26.0. The van der Waals surface area contributed by atoms with Crippen molar-refractivity contribution >= 4 is 82.3 Å². The number of carbonyl (C=O) groups excluding carboxylic acids is 2. The highest BCUT2D eigenvalue weighted by molar-refractivity contribution is 6.35. The number of likely N-dealkylation sites (N-methyl/N-ethyl adjacent to an activating group) is 2. The van der Waals surface area contributed by atoms with Crippen molar-refractivity contribution in [1.29, 1.82) is 0 Å². The maximum Gasteiger partial charge on any atom is 0.252 e. The molecule has 0 aliphatic carbocycles. The molecular weight excluding hydrogens is 1110 g/mol. The number of fused-ring (bicyclic) bond motifs is 2. The Labute approximate surface area is 487 Å². The number of carbonyl (C=O) groups is 2. The second kappa shape index (κ2) is 30.6. The Bertz CT molecular complexity index is 2750. The number of benzene rings is 4. The molecular formula is C58H67Cl5N8O8. The molecule has 79 heavy (non-hydrogen) atoms. The summed E-state index contributed by atoms with van der Waals surface area (Å²) in [5.41, 5.74) is 11.1. The van der Waals surface area contributed by atoms with E-state index < -0.39 is 24.0 Å². The molecule has 2 aliphatic rings. The van der Waals surface area contributed by atoms with Crippen molar-refractivity contribution in [3.63, 3.8) is 0 Å². The van der Waals surface area contributed by atoms with Gasteiger partial charge in [-0.05, 0) is 107 Å². The number of rotatable bonds is 27. The lowest BCUT2D eigenvalue weighted by Gasteiger charge is -2.33. The summed E-state index contributed by atoms with van der Waals surface area (Å²) in [6, 6.07) is 32.6. The molecule has 6 aromatic rings. The van der Waals surface area contributed by atoms with Gasteiger partial charge in [0, 0.05) is 108 Å². The third kappa shape index (κ3) is 17.4. The maximum atomic E-state index is 12.4. The summed E-state index contributed by atoms with van der Waals surface area (Å²) in [5.74, 6) is -0.0843. The molecule has 0 unspecified atom stereocenters. The second-order valence-corrected chi connectivity index (χ2v) is 21.0. The summed E-state index contributed by atoms with van der Waals surface area (Å²) in [6.45, 7) is 6.77. The molecule has 0 saturated carbocycles. The van der Waals surface area contributed by atoms with Crippen LogP contribution in [0.1, 0.15) is 45.2 Å². The van der Waals surface area contributed by atoms with Crippen molar-refractivity contribution in [2.75, 3.05) is 117 Å². The normalized spacial score (nSPS) is 16.0. The number of nitrogens with one attached hydrogen (secondary N) is 4. The van der Waals surface area contributed by atoms with E-state index >= 15 is 0 Å². The summed E-state index contributed by atoms with van der Waals surface area (Å²) < 4.78 is 22.3. The summed E-state index contributed by atoms with van der Waals surface area (Å²) in [6.07, 6.45) is -0.232. The third-order valence-corrected chi connectivity index (χ3v) is 14.6. The first kappa shape index (κ1) is 61.5. The third-order valence-electron chi connectivity index (χ3n) is 13.5. The maximum absolute atomic E-state index is 12.4. The number of nitrogens with zero attached hydrogens (tertiary/aromatic N) is 4. The van der Waals surface area contributed by atoms with Gasteiger partial charge in [-0.3, -0.25) is 9.59 Å². The molecule has 4 heterocycles. The highest BCUT2D eigenvalue weighted by Crippen LogP contribution is 2.41. The Hall–Kier alpha value is -5.15. The van der Waals surface area contributed by atoms with E-state index in [1.807, 2.05) is 60.9 Å². The van der Waals surface area contributed by atoms with Gasteiger partial charge in [-0.1, -0.05) is 94.9 Å². The number of aromatic nitrogens is 2. The highest BCUT2D eigenvalue weighted by atomic mass is 35.5. The fourth-order valence-electron chi connectivity index (χ4n) is 9.60. The van der Waals surface area contributed by atoms with E-state index in [1.165, 1.54) is 22.3 Å². The van der Waals surface area contributed by atoms with E-state index in [9.17, 15) is 19.8 Å². The largest absolute Gasteiger partial charge is 0.380 e. The monoisotopic (exact) mass is 1180 g/mol. The predicted octanol–water partition coefficient (Wildman–Crippen LogP) is 8.55. The minimum atomic E-state index is -1.96. The average Bonchev–Trinajstić information content (AvgIpc) is 3.60. The van der Waals surface area contributed by atoms with Gasteiger partial charge in [0.15, 0.2) is 12.2 Å². The molecule has 16 nitrogen and oxygen atoms in total. The van der Waals surface area contributed by atoms with Gasteiger partial charge in [0.25, 0.3) is 11.8 Å². The molecule has 2 aliphatic heterocycles. The second-order valence-electron chi connectivity index (χ2n) is 19.3. The number of anilines is 2. The van der Waals surface area contributed by atoms with Crippen LogP contribution >= 0.6 is 58.8 Å². The standard InChI is InChI=1S/C58H66Cl4N8O8.ClH/c1-69-33-47(45-27-43(59)29-51(61)49(45)35-69)39-7-3-5-37(25-39)41-9-11-53(67-31-41)63-13-17-75-21-23-77-19-15-65-57(73)55(71)56(72)58(74)66-16-20-78-24-22-76-18-14-64-54-12-10-42(32-68-54)38-6-4-8-40(26-38)48-34-70(2)36-50-46(48)28-44(60)30-52(50)62;/h3-12,25-32,47-48,55-56,71-72H,13-24,33-36H2,1-2H3,(H,63,67)(H,64,68)(H,65,73)(H,66,74);1H/t47-,48-,55+,56+;/m0./s1. The fraction of sp³-hybridized carbons (Fsp3) is 0.379. The van der Waals surface area contributed by atoms with Gasteiger partial charge < -0.3 is 60.2 Å². The van der Waals surface area contributed by atoms with Gasteiger partial charge in [0.2, 0.25) is 0 Å². The smallest absolute Gasteiger partial charge is 0.252 e. The van der Waals surface area contributed by atoms with E-state index in [1.54, 1.807) is 0 Å². The fourth-order valence-corrected chi connectivity index (χ4v) is 10.7. The number of amides is 2. The molecule has 0 radical (unpaired) electrons. The van der Waals surface area contributed by atoms with Gasteiger partial charge in [0.1, 0.15) is 11.6 Å². The van der Waals surface area contributed by atoms with Crippen LogP contribution in [0.4, 0.5) is 11.6 Å². The Morgan fingerprint density at radius 2 is 0.937 bits per heavy atom. The Morgan fingerprint density at radius 1 is 0.544 bits per heavy atom. The van der Waals surface area contributed by atoms with Gasteiger partial charge in [-0.2, -0.15) is 0 Å². The van der Waals surface area contributed by atoms with E-state index in [4.69, 9.17) is 65.4 Å². The number of ether oxygens (including phenoxy) is 4. The average molecular weight is 1180 g/mol. The molecule has 0 spiro atoms. The van der Waals surface area contributed by atoms with Crippen LogP contribution in [0, 0.1) is 0 Å². The molecule has 2 aromatic heterocycles. The number of pyridine rings is 2. The first-order valence-corrected chi connectivity index (χ1v) is 27.5. The van der Waals surface area contributed by atoms with Crippen LogP contribution in [0.25, 0.3) is 22.3 Å². The van der Waals surface area contributed by atoms with Crippen molar-refractivity contribution in [3.05, 3.63) is 163 Å². The van der Waals surface area contributed by atoms with Gasteiger partial charge in [-0.25, -0.2) is 9.97 Å². The van der Waals surface area contributed by atoms with Crippen molar-refractivity contribution in [2.45, 2.75) is 37.1 Å². The molecule has 4 atom stereocenters. The van der Waals surface area contributed by atoms with E-state index in [2.05, 4.69) is 104 Å². The SMILES string of the molecule is CN1Cc2c(Cl)cc(Cl)cc2[C@H](c2cccc(-c3ccc(NCCOCCOCCNC(=O)[C@H](O)[C@@H](O)C(=O)NCCOCCOCCNc4ccc(-c5cccc([C@@H]6CN(C)Cc7c(Cl)cc(Cl)cc76)c5)cn4)nc3)c2)C1.Cl. The number of aliphatic hydroxyl groups is 2. The molecule has 422 valence electrons. The number of aliphatic hydroxyl groups excluding tert-OH is 2. The topological polar surface area (TPSA) is 192 Å². The summed E-state index contributed by atoms with van der Waals surface area (Å²) in [5, 5.41) is 34.6. The summed E-state index contributed by atoms with van der Waals surface area (Å²) in [4.78, 5) is 38.5. The number of hydrogen-bond acceptors (Lipinski definition) is 14. The first-order valence-electron chi connectivity index (χ1n) is 26.0. The van der Waals surface area contributed by atoms with E-state index in [0.29, 0.717) is 59.6 Å². The van der Waals surface area contributed by atoms with Crippen molar-refractivity contribution in [1.82, 2.24) is 30.4 Å². The van der Waals surface area contributed by atoms with Gasteiger partial charge in [0.05, 0.1) is 52.9 Å². The van der Waals surface area contributed by atoms with Crippen LogP contribution in [0.15, 0.2) is 109 Å². The number of hydrogen-bond donors (Lipinski definition) is 6. The zero-order chi connectivity index (χ0) is 55.0. The van der Waals surface area contributed by atoms with Crippen LogP contribution in [0.3, 0.4) is 0 Å². The quantitative estimate of drug-likeness (QED) is 0.0269. The van der Waals surface area contributed by atoms with Crippen molar-refractivity contribution < 1.29 is 38.7 Å². The van der Waals surface area contributed by atoms with Crippen LogP contribution in [-0.2, 0) is 41.6 Å².